The van der Waals surface area contributed by atoms with E-state index in [2.05, 4.69) is 31.7 Å². The fourth-order valence-electron chi connectivity index (χ4n) is 4.12. The highest BCUT2D eigenvalue weighted by atomic mass is 16.5. The monoisotopic (exact) mass is 469 g/mol. The van der Waals surface area contributed by atoms with Gasteiger partial charge in [0, 0.05) is 45.0 Å². The van der Waals surface area contributed by atoms with Crippen molar-refractivity contribution in [2.75, 3.05) is 50.0 Å². The Morgan fingerprint density at radius 3 is 2.74 bits per heavy atom. The summed E-state index contributed by atoms with van der Waals surface area (Å²) in [7, 11) is 0. The van der Waals surface area contributed by atoms with Gasteiger partial charge in [0.25, 0.3) is 0 Å². The highest BCUT2D eigenvalue weighted by molar-refractivity contribution is 5.81. The summed E-state index contributed by atoms with van der Waals surface area (Å²) in [4.78, 5) is 39.4. The number of aromatic nitrogens is 4. The largest absolute Gasteiger partial charge is 0.481 e. The zero-order valence-corrected chi connectivity index (χ0v) is 19.4. The molecule has 0 spiro atoms. The number of hydrogen-bond donors (Lipinski definition) is 3. The number of benzene rings is 1. The second-order valence-corrected chi connectivity index (χ2v) is 8.44. The van der Waals surface area contributed by atoms with Gasteiger partial charge in [-0.05, 0) is 24.1 Å². The number of carboxylic acids is 1. The number of piperazine rings is 1. The van der Waals surface area contributed by atoms with Gasteiger partial charge >= 0.3 is 17.7 Å². The van der Waals surface area contributed by atoms with Crippen molar-refractivity contribution in [1.82, 2.24) is 24.4 Å². The number of nitrogens with zero attached hydrogens (tertiary/aromatic N) is 5. The van der Waals surface area contributed by atoms with E-state index in [-0.39, 0.29) is 23.9 Å². The first-order valence-electron chi connectivity index (χ1n) is 11.6. The lowest BCUT2D eigenvalue weighted by molar-refractivity contribution is -0.136. The lowest BCUT2D eigenvalue weighted by atomic mass is 10.1. The number of carbonyl (C=O) groups is 1. The van der Waals surface area contributed by atoms with E-state index in [1.54, 1.807) is 4.57 Å². The number of nitrogens with two attached hydrogens (primary N) is 1. The van der Waals surface area contributed by atoms with Gasteiger partial charge < -0.3 is 25.5 Å². The number of H-pyrrole nitrogens is 1. The van der Waals surface area contributed by atoms with Crippen LogP contribution in [0.4, 0.5) is 11.5 Å². The number of nitrogen functional groups attached to an aromatic ring is 1. The second-order valence-electron chi connectivity index (χ2n) is 8.44. The molecular formula is C23H31N7O4. The van der Waals surface area contributed by atoms with Gasteiger partial charge in [-0.25, -0.2) is 4.79 Å². The highest BCUT2D eigenvalue weighted by Gasteiger charge is 2.19. The molecule has 0 amide bonds. The Labute approximate surface area is 197 Å². The molecule has 3 aromatic rings. The fourth-order valence-corrected chi connectivity index (χ4v) is 4.12. The van der Waals surface area contributed by atoms with E-state index in [9.17, 15) is 9.59 Å². The first-order chi connectivity index (χ1) is 16.4. The van der Waals surface area contributed by atoms with Crippen molar-refractivity contribution < 1.29 is 14.6 Å². The molecule has 0 saturated carbocycles. The predicted molar refractivity (Wildman–Crippen MR) is 129 cm³/mol. The fraction of sp³-hybridized carbons (Fsp3) is 0.478. The number of aliphatic carboxylic acids is 1. The molecule has 182 valence electrons. The molecule has 34 heavy (non-hydrogen) atoms. The minimum Gasteiger partial charge on any atom is -0.481 e. The third-order valence-corrected chi connectivity index (χ3v) is 6.00. The Bertz CT molecular complexity index is 1200. The van der Waals surface area contributed by atoms with Crippen LogP contribution in [-0.2, 0) is 17.8 Å². The number of unbranched alkanes of at least 4 members (excludes halogenated alkanes) is 1. The van der Waals surface area contributed by atoms with Crippen molar-refractivity contribution in [1.29, 1.82) is 0 Å². The lowest BCUT2D eigenvalue weighted by Gasteiger charge is -2.36. The molecule has 4 rings (SSSR count). The third kappa shape index (κ3) is 5.48. The summed E-state index contributed by atoms with van der Waals surface area (Å²) < 4.78 is 7.18. The Morgan fingerprint density at radius 1 is 1.21 bits per heavy atom. The van der Waals surface area contributed by atoms with E-state index in [1.807, 2.05) is 24.3 Å². The van der Waals surface area contributed by atoms with Crippen molar-refractivity contribution in [2.24, 2.45) is 0 Å². The minimum atomic E-state index is -0.832. The number of ether oxygens (including phenoxy) is 1. The zero-order valence-electron chi connectivity index (χ0n) is 19.4. The zero-order chi connectivity index (χ0) is 24.1. The van der Waals surface area contributed by atoms with Gasteiger partial charge in [-0.15, -0.1) is 0 Å². The number of anilines is 2. The molecule has 0 radical (unpaired) electrons. The van der Waals surface area contributed by atoms with Crippen molar-refractivity contribution in [2.45, 2.75) is 32.7 Å². The van der Waals surface area contributed by atoms with Gasteiger partial charge in [0.1, 0.15) is 5.52 Å². The summed E-state index contributed by atoms with van der Waals surface area (Å²) in [6.45, 7) is 7.05. The molecule has 1 aliphatic rings. The van der Waals surface area contributed by atoms with Crippen LogP contribution in [0.3, 0.4) is 0 Å². The summed E-state index contributed by atoms with van der Waals surface area (Å²) >= 11 is 0. The second kappa shape index (κ2) is 10.6. The molecule has 1 aromatic carbocycles. The van der Waals surface area contributed by atoms with Crippen LogP contribution < -0.4 is 21.1 Å². The Morgan fingerprint density at radius 2 is 2.00 bits per heavy atom. The topological polar surface area (TPSA) is 143 Å². The number of imidazole rings is 1. The third-order valence-electron chi connectivity index (χ3n) is 6.00. The molecule has 1 saturated heterocycles. The summed E-state index contributed by atoms with van der Waals surface area (Å²) in [6.07, 6.45) is 1.90. The lowest BCUT2D eigenvalue weighted by Crippen LogP contribution is -2.47. The first kappa shape index (κ1) is 23.6. The van der Waals surface area contributed by atoms with Crippen LogP contribution in [0.1, 0.15) is 25.3 Å². The average Bonchev–Trinajstić information content (AvgIpc) is 3.13. The maximum absolute atomic E-state index is 12.6. The summed E-state index contributed by atoms with van der Waals surface area (Å²) in [5.74, 6) is -0.632. The molecule has 1 fully saturated rings. The summed E-state index contributed by atoms with van der Waals surface area (Å²) in [6, 6.07) is 7.88. The molecule has 2 aromatic heterocycles. The molecule has 3 heterocycles. The van der Waals surface area contributed by atoms with E-state index in [0.29, 0.717) is 30.9 Å². The van der Waals surface area contributed by atoms with Crippen LogP contribution in [-0.4, -0.2) is 74.8 Å². The standard InChI is InChI=1S/C23H31N7O4/c1-2-3-13-34-22-26-20(24)19-21(27-22)30(23(33)25-19)12-9-28-7-10-29(11-8-28)17-6-4-5-16(14-17)15-18(31)32/h4-6,14H,2-3,7-13,15H2,1H3,(H,25,33)(H,31,32)(H2,24,26,27). The van der Waals surface area contributed by atoms with Crippen molar-refractivity contribution in [3.63, 3.8) is 0 Å². The molecule has 0 aliphatic carbocycles. The van der Waals surface area contributed by atoms with E-state index in [4.69, 9.17) is 15.6 Å². The van der Waals surface area contributed by atoms with Crippen LogP contribution in [0.15, 0.2) is 29.1 Å². The van der Waals surface area contributed by atoms with Crippen LogP contribution in [0.25, 0.3) is 11.2 Å². The Kier molecular flexibility index (Phi) is 7.31. The van der Waals surface area contributed by atoms with E-state index in [0.717, 1.165) is 50.3 Å². The van der Waals surface area contributed by atoms with Crippen molar-refractivity contribution in [3.05, 3.63) is 40.3 Å². The van der Waals surface area contributed by atoms with Crippen molar-refractivity contribution >= 4 is 28.6 Å². The smallest absolute Gasteiger partial charge is 0.327 e. The number of carboxylic acid groups (broad SMARTS) is 1. The predicted octanol–water partition coefficient (Wildman–Crippen LogP) is 1.33. The molecule has 4 N–H and O–H groups in total. The van der Waals surface area contributed by atoms with E-state index < -0.39 is 5.97 Å². The Balaban J connectivity index is 1.38. The van der Waals surface area contributed by atoms with Gasteiger partial charge in [-0.1, -0.05) is 25.5 Å². The molecule has 1 aliphatic heterocycles. The maximum atomic E-state index is 12.6. The van der Waals surface area contributed by atoms with Crippen LogP contribution in [0, 0.1) is 0 Å². The van der Waals surface area contributed by atoms with Crippen LogP contribution in [0.2, 0.25) is 0 Å². The normalized spacial score (nSPS) is 14.6. The molecule has 0 bridgehead atoms. The van der Waals surface area contributed by atoms with Crippen molar-refractivity contribution in [3.8, 4) is 6.01 Å². The highest BCUT2D eigenvalue weighted by Crippen LogP contribution is 2.20. The molecule has 0 atom stereocenters. The van der Waals surface area contributed by atoms with Gasteiger partial charge in [0.15, 0.2) is 11.5 Å². The maximum Gasteiger partial charge on any atom is 0.327 e. The van der Waals surface area contributed by atoms with E-state index >= 15 is 0 Å². The quantitative estimate of drug-likeness (QED) is 0.375. The SMILES string of the molecule is CCCCOc1nc(N)c2[nH]c(=O)n(CCN3CCN(c4cccc(CC(=O)O)c4)CC3)c2n1. The molecule has 11 heteroatoms. The first-order valence-corrected chi connectivity index (χ1v) is 11.6. The van der Waals surface area contributed by atoms with Crippen LogP contribution >= 0.6 is 0 Å². The number of aromatic amines is 1. The molecule has 11 nitrogen and oxygen atoms in total. The van der Waals surface area contributed by atoms with Gasteiger partial charge in [0.2, 0.25) is 0 Å². The van der Waals surface area contributed by atoms with Gasteiger partial charge in [-0.3, -0.25) is 14.3 Å². The van der Waals surface area contributed by atoms with Crippen LogP contribution in [0.5, 0.6) is 6.01 Å². The van der Waals surface area contributed by atoms with E-state index in [1.165, 1.54) is 0 Å². The van der Waals surface area contributed by atoms with Gasteiger partial charge in [-0.2, -0.15) is 9.97 Å². The molecular weight excluding hydrogens is 438 g/mol. The number of fused-ring (bicyclic) bond motifs is 1. The van der Waals surface area contributed by atoms with Gasteiger partial charge in [0.05, 0.1) is 13.0 Å². The number of rotatable bonds is 10. The Hall–Kier alpha value is -3.60. The summed E-state index contributed by atoms with van der Waals surface area (Å²) in [5.41, 5.74) is 8.48. The number of hydrogen-bond acceptors (Lipinski definition) is 8. The number of nitrogens with one attached hydrogen (secondary N) is 1. The summed E-state index contributed by atoms with van der Waals surface area (Å²) in [5, 5.41) is 9.04. The molecule has 0 unspecified atom stereocenters. The minimum absolute atomic E-state index is 0.0204. The average molecular weight is 470 g/mol.